The lowest BCUT2D eigenvalue weighted by atomic mass is 10.0. The number of anilines is 1. The largest absolute Gasteiger partial charge is 0.493 e. The number of hydrogen-bond donors (Lipinski definition) is 2. The molecule has 0 saturated heterocycles. The maximum atomic E-state index is 12.5. The van der Waals surface area contributed by atoms with E-state index in [1.54, 1.807) is 30.3 Å². The van der Waals surface area contributed by atoms with Crippen LogP contribution >= 0.6 is 23.2 Å². The van der Waals surface area contributed by atoms with E-state index in [1.807, 2.05) is 22.9 Å². The third kappa shape index (κ3) is 6.99. The number of benzene rings is 4. The van der Waals surface area contributed by atoms with Crippen LogP contribution in [-0.4, -0.2) is 23.1 Å². The molecule has 234 valence electrons. The number of hydrogen-bond acceptors (Lipinski definition) is 4. The van der Waals surface area contributed by atoms with Gasteiger partial charge in [-0.15, -0.1) is 0 Å². The fourth-order valence-electron chi connectivity index (χ4n) is 5.30. The second-order valence-corrected chi connectivity index (χ2v) is 13.4. The summed E-state index contributed by atoms with van der Waals surface area (Å²) in [5.41, 5.74) is 6.91. The van der Waals surface area contributed by atoms with Crippen LogP contribution < -0.4 is 9.03 Å². The highest BCUT2D eigenvalue weighted by molar-refractivity contribution is 7.91. The summed E-state index contributed by atoms with van der Waals surface area (Å²) in [7, 11) is -3.95. The molecule has 5 aromatic rings. The van der Waals surface area contributed by atoms with Gasteiger partial charge in [-0.1, -0.05) is 110 Å². The van der Waals surface area contributed by atoms with Crippen molar-refractivity contribution in [2.24, 2.45) is 0 Å². The Hall–Kier alpha value is -4.50. The molecule has 0 saturated carbocycles. The van der Waals surface area contributed by atoms with Gasteiger partial charge in [0.15, 0.2) is 0 Å². The Balaban J connectivity index is 1.31. The Morgan fingerprint density at radius 1 is 0.913 bits per heavy atom. The SMILES string of the molecule is CCCCC=Cc1ccc(-c2ccc(Cc3nc(-c4ccc(Cl)cc4Cl)cn3-c3cccc(N4C=C(O)NS4(=O)=O)c3)cc2)cc1. The molecule has 2 heterocycles. The number of nitrogens with one attached hydrogen (secondary N) is 1. The minimum absolute atomic E-state index is 0.353. The van der Waals surface area contributed by atoms with Crippen LogP contribution in [0.1, 0.15) is 43.1 Å². The summed E-state index contributed by atoms with van der Waals surface area (Å²) in [5.74, 6) is 0.276. The van der Waals surface area contributed by atoms with E-state index in [4.69, 9.17) is 28.2 Å². The maximum absolute atomic E-state index is 12.5. The summed E-state index contributed by atoms with van der Waals surface area (Å²) in [5, 5.41) is 10.8. The molecule has 6 rings (SSSR count). The molecule has 0 bridgehead atoms. The van der Waals surface area contributed by atoms with Gasteiger partial charge in [0.05, 0.1) is 22.6 Å². The average molecular weight is 672 g/mol. The molecule has 0 radical (unpaired) electrons. The summed E-state index contributed by atoms with van der Waals surface area (Å²) in [6.45, 7) is 2.20. The van der Waals surface area contributed by atoms with Crippen molar-refractivity contribution < 1.29 is 13.5 Å². The van der Waals surface area contributed by atoms with Crippen molar-refractivity contribution in [3.63, 3.8) is 0 Å². The van der Waals surface area contributed by atoms with Crippen LogP contribution in [0.5, 0.6) is 0 Å². The third-order valence-corrected chi connectivity index (χ3v) is 9.52. The van der Waals surface area contributed by atoms with E-state index in [1.165, 1.54) is 18.4 Å². The van der Waals surface area contributed by atoms with E-state index in [2.05, 4.69) is 72.3 Å². The molecule has 0 amide bonds. The maximum Gasteiger partial charge on any atom is 0.330 e. The van der Waals surface area contributed by atoms with Gasteiger partial charge < -0.3 is 9.67 Å². The fraction of sp³-hybridized carbons (Fsp3) is 0.139. The quantitative estimate of drug-likeness (QED) is 0.145. The third-order valence-electron chi connectivity index (χ3n) is 7.68. The van der Waals surface area contributed by atoms with Crippen LogP contribution in [0.4, 0.5) is 5.69 Å². The van der Waals surface area contributed by atoms with E-state index in [0.717, 1.165) is 45.0 Å². The first kappa shape index (κ1) is 31.5. The van der Waals surface area contributed by atoms with Crippen molar-refractivity contribution in [1.29, 1.82) is 0 Å². The molecular formula is C36H32Cl2N4O3S. The molecule has 4 aromatic carbocycles. The number of unbranched alkanes of at least 4 members (excludes halogenated alkanes) is 2. The van der Waals surface area contributed by atoms with E-state index in [-0.39, 0.29) is 0 Å². The van der Waals surface area contributed by atoms with Crippen LogP contribution in [0.3, 0.4) is 0 Å². The van der Waals surface area contributed by atoms with E-state index in [0.29, 0.717) is 33.5 Å². The summed E-state index contributed by atoms with van der Waals surface area (Å²) in [6.07, 6.45) is 11.4. The highest BCUT2D eigenvalue weighted by Gasteiger charge is 2.29. The van der Waals surface area contributed by atoms with Crippen LogP contribution in [-0.2, 0) is 16.6 Å². The standard InChI is InChI=1S/C36H32Cl2N4O3S/c1-2-3-4-5-7-25-10-14-27(15-11-25)28-16-12-26(13-17-28)20-35-39-34(32-19-18-29(37)21-33(32)38)23-41(35)30-8-6-9-31(22-30)42-24-36(43)40-46(42,44)45/h5-19,21-24,40,43H,2-4,20H2,1H3. The molecule has 0 aliphatic carbocycles. The topological polar surface area (TPSA) is 87.5 Å². The molecule has 7 nitrogen and oxygen atoms in total. The van der Waals surface area contributed by atoms with Crippen molar-refractivity contribution in [3.05, 3.63) is 142 Å². The van der Waals surface area contributed by atoms with Gasteiger partial charge in [0.1, 0.15) is 5.82 Å². The molecule has 10 heteroatoms. The number of aliphatic hydroxyl groups is 1. The van der Waals surface area contributed by atoms with Gasteiger partial charge in [-0.3, -0.25) is 0 Å². The van der Waals surface area contributed by atoms with Crippen LogP contribution in [0, 0.1) is 0 Å². The van der Waals surface area contributed by atoms with Crippen LogP contribution in [0.15, 0.2) is 115 Å². The Bertz CT molecular complexity index is 2040. The smallest absolute Gasteiger partial charge is 0.330 e. The lowest BCUT2D eigenvalue weighted by Gasteiger charge is -2.16. The van der Waals surface area contributed by atoms with Crippen molar-refractivity contribution in [1.82, 2.24) is 14.3 Å². The number of allylic oxidation sites excluding steroid dienone is 1. The van der Waals surface area contributed by atoms with Crippen LogP contribution in [0.2, 0.25) is 10.0 Å². The van der Waals surface area contributed by atoms with Crippen molar-refractivity contribution >= 4 is 45.2 Å². The predicted octanol–water partition coefficient (Wildman–Crippen LogP) is 9.32. The van der Waals surface area contributed by atoms with Gasteiger partial charge in [0.25, 0.3) is 0 Å². The summed E-state index contributed by atoms with van der Waals surface area (Å²) >= 11 is 12.7. The second kappa shape index (κ2) is 13.5. The van der Waals surface area contributed by atoms with Crippen molar-refractivity contribution in [2.45, 2.75) is 32.6 Å². The number of aliphatic hydroxyl groups excluding tert-OH is 1. The van der Waals surface area contributed by atoms with Gasteiger partial charge >= 0.3 is 10.2 Å². The number of imidazole rings is 1. The predicted molar refractivity (Wildman–Crippen MR) is 188 cm³/mol. The molecule has 1 aromatic heterocycles. The van der Waals surface area contributed by atoms with Gasteiger partial charge in [-0.25, -0.2) is 14.0 Å². The summed E-state index contributed by atoms with van der Waals surface area (Å²) in [6, 6.07) is 29.2. The average Bonchev–Trinajstić information content (AvgIpc) is 3.58. The minimum atomic E-state index is -3.95. The zero-order valence-corrected chi connectivity index (χ0v) is 27.4. The molecule has 0 fully saturated rings. The Kier molecular flexibility index (Phi) is 9.22. The Morgan fingerprint density at radius 2 is 1.63 bits per heavy atom. The number of halogens is 2. The summed E-state index contributed by atoms with van der Waals surface area (Å²) in [4.78, 5) is 4.97. The van der Waals surface area contributed by atoms with E-state index >= 15 is 0 Å². The highest BCUT2D eigenvalue weighted by atomic mass is 35.5. The zero-order chi connectivity index (χ0) is 32.3. The molecule has 2 N–H and O–H groups in total. The molecule has 0 unspecified atom stereocenters. The van der Waals surface area contributed by atoms with E-state index < -0.39 is 16.1 Å². The van der Waals surface area contributed by atoms with Gasteiger partial charge in [0.2, 0.25) is 5.88 Å². The normalized spacial score (nSPS) is 14.1. The number of nitrogens with zero attached hydrogens (tertiary/aromatic N) is 3. The lowest BCUT2D eigenvalue weighted by molar-refractivity contribution is 0.392. The molecule has 1 aliphatic heterocycles. The molecule has 0 spiro atoms. The first-order chi connectivity index (χ1) is 22.2. The molecule has 1 aliphatic rings. The van der Waals surface area contributed by atoms with Gasteiger partial charge in [0, 0.05) is 28.9 Å². The molecular weight excluding hydrogens is 639 g/mol. The molecule has 46 heavy (non-hydrogen) atoms. The van der Waals surface area contributed by atoms with Crippen molar-refractivity contribution in [3.8, 4) is 28.1 Å². The zero-order valence-electron chi connectivity index (χ0n) is 25.1. The first-order valence-corrected chi connectivity index (χ1v) is 17.1. The molecule has 0 atom stereocenters. The Morgan fingerprint density at radius 3 is 2.30 bits per heavy atom. The fourth-order valence-corrected chi connectivity index (χ4v) is 6.85. The van der Waals surface area contributed by atoms with Gasteiger partial charge in [-0.2, -0.15) is 8.42 Å². The minimum Gasteiger partial charge on any atom is -0.493 e. The number of aromatic nitrogens is 2. The number of rotatable bonds is 10. The summed E-state index contributed by atoms with van der Waals surface area (Å²) < 4.78 is 30.1. The van der Waals surface area contributed by atoms with E-state index in [9.17, 15) is 13.5 Å². The Labute approximate surface area is 279 Å². The lowest BCUT2D eigenvalue weighted by Crippen LogP contribution is -2.29. The van der Waals surface area contributed by atoms with Gasteiger partial charge in [-0.05, 0) is 65.1 Å². The van der Waals surface area contributed by atoms with Crippen molar-refractivity contribution in [2.75, 3.05) is 4.31 Å². The second-order valence-electron chi connectivity index (χ2n) is 11.0. The first-order valence-electron chi connectivity index (χ1n) is 14.9. The monoisotopic (exact) mass is 670 g/mol. The highest BCUT2D eigenvalue weighted by Crippen LogP contribution is 2.33. The van der Waals surface area contributed by atoms with Crippen LogP contribution in [0.25, 0.3) is 34.1 Å².